The third-order valence-electron chi connectivity index (χ3n) is 4.70. The molecule has 1 aliphatic rings. The lowest BCUT2D eigenvalue weighted by Crippen LogP contribution is -2.24. The molecule has 0 spiro atoms. The van der Waals surface area contributed by atoms with Gasteiger partial charge in [0.2, 0.25) is 0 Å². The Morgan fingerprint density at radius 1 is 1.22 bits per heavy atom. The number of fused-ring (bicyclic) bond motifs is 1. The molecule has 0 saturated heterocycles. The Kier molecular flexibility index (Phi) is 4.84. The van der Waals surface area contributed by atoms with Gasteiger partial charge in [-0.25, -0.2) is 4.79 Å². The summed E-state index contributed by atoms with van der Waals surface area (Å²) in [6.45, 7) is 6.08. The van der Waals surface area contributed by atoms with Gasteiger partial charge >= 0.3 is 5.76 Å². The molecule has 0 bridgehead atoms. The fraction of sp³-hybridized carbons (Fsp3) is 0.556. The second kappa shape index (κ2) is 7.02. The molecule has 0 aliphatic heterocycles. The van der Waals surface area contributed by atoms with Crippen molar-refractivity contribution in [3.8, 4) is 0 Å². The maximum atomic E-state index is 11.8. The maximum absolute atomic E-state index is 11.8. The van der Waals surface area contributed by atoms with Crippen molar-refractivity contribution in [2.75, 3.05) is 23.3 Å². The molecular weight excluding hydrogens is 290 g/mol. The summed E-state index contributed by atoms with van der Waals surface area (Å²) < 4.78 is 5.34. The summed E-state index contributed by atoms with van der Waals surface area (Å²) in [5.74, 6) is 0.127. The summed E-state index contributed by atoms with van der Waals surface area (Å²) in [6.07, 6.45) is 6.06. The molecule has 0 atom stereocenters. The van der Waals surface area contributed by atoms with Crippen molar-refractivity contribution in [1.29, 1.82) is 0 Å². The predicted octanol–water partition coefficient (Wildman–Crippen LogP) is 3.78. The molecule has 0 unspecified atom stereocenters. The zero-order valence-corrected chi connectivity index (χ0v) is 14.0. The molecule has 23 heavy (non-hydrogen) atoms. The monoisotopic (exact) mass is 315 g/mol. The number of anilines is 2. The first-order valence-corrected chi connectivity index (χ1v) is 8.67. The Morgan fingerprint density at radius 3 is 2.65 bits per heavy atom. The van der Waals surface area contributed by atoms with Crippen molar-refractivity contribution >= 4 is 22.5 Å². The quantitative estimate of drug-likeness (QED) is 0.910. The van der Waals surface area contributed by atoms with E-state index in [0.717, 1.165) is 37.0 Å². The lowest BCUT2D eigenvalue weighted by atomic mass is 9.95. The highest BCUT2D eigenvalue weighted by Crippen LogP contribution is 2.27. The Hall–Kier alpha value is -2.04. The summed E-state index contributed by atoms with van der Waals surface area (Å²) in [6, 6.07) is 6.42. The van der Waals surface area contributed by atoms with Gasteiger partial charge in [0.1, 0.15) is 11.4 Å². The van der Waals surface area contributed by atoms with E-state index in [2.05, 4.69) is 35.1 Å². The number of aromatic nitrogens is 1. The fourth-order valence-corrected chi connectivity index (χ4v) is 3.40. The van der Waals surface area contributed by atoms with E-state index in [1.807, 2.05) is 12.1 Å². The first-order chi connectivity index (χ1) is 11.2. The summed E-state index contributed by atoms with van der Waals surface area (Å²) >= 11 is 0. The molecule has 1 aromatic heterocycles. The Bertz CT molecular complexity index is 716. The Labute approximate surface area is 136 Å². The first-order valence-electron chi connectivity index (χ1n) is 8.67. The molecule has 0 radical (unpaired) electrons. The summed E-state index contributed by atoms with van der Waals surface area (Å²) in [5.41, 5.74) is 1.67. The van der Waals surface area contributed by atoms with Crippen LogP contribution in [0.1, 0.15) is 46.0 Å². The van der Waals surface area contributed by atoms with Crippen LogP contribution >= 0.6 is 0 Å². The molecule has 0 amide bonds. The molecule has 2 aromatic rings. The van der Waals surface area contributed by atoms with E-state index in [1.165, 1.54) is 19.3 Å². The average Bonchev–Trinajstić information content (AvgIpc) is 2.56. The minimum atomic E-state index is -0.535. The van der Waals surface area contributed by atoms with Gasteiger partial charge in [-0.2, -0.15) is 4.98 Å². The second-order valence-corrected chi connectivity index (χ2v) is 6.16. The van der Waals surface area contributed by atoms with Crippen molar-refractivity contribution in [3.63, 3.8) is 0 Å². The van der Waals surface area contributed by atoms with Crippen LogP contribution in [0.5, 0.6) is 0 Å². The van der Waals surface area contributed by atoms with Crippen LogP contribution in [0.2, 0.25) is 0 Å². The number of rotatable bonds is 5. The van der Waals surface area contributed by atoms with Gasteiger partial charge in [0.25, 0.3) is 0 Å². The van der Waals surface area contributed by atoms with Gasteiger partial charge in [0.15, 0.2) is 0 Å². The van der Waals surface area contributed by atoms with Crippen LogP contribution in [-0.4, -0.2) is 24.1 Å². The predicted molar refractivity (Wildman–Crippen MR) is 94.3 cm³/mol. The third kappa shape index (κ3) is 3.49. The van der Waals surface area contributed by atoms with Crippen LogP contribution in [0.25, 0.3) is 11.0 Å². The van der Waals surface area contributed by atoms with Crippen LogP contribution in [0.15, 0.2) is 27.4 Å². The first kappa shape index (κ1) is 15.8. The summed E-state index contributed by atoms with van der Waals surface area (Å²) in [4.78, 5) is 18.1. The molecule has 1 fully saturated rings. The molecule has 1 aromatic carbocycles. The van der Waals surface area contributed by atoms with Gasteiger partial charge in [-0.05, 0) is 38.8 Å². The highest BCUT2D eigenvalue weighted by Gasteiger charge is 2.16. The molecule has 1 N–H and O–H groups in total. The topological polar surface area (TPSA) is 58.4 Å². The fourth-order valence-electron chi connectivity index (χ4n) is 3.40. The smallest absolute Gasteiger partial charge is 0.408 e. The number of nitrogens with zero attached hydrogens (tertiary/aromatic N) is 2. The minimum Gasteiger partial charge on any atom is -0.408 e. The van der Waals surface area contributed by atoms with Gasteiger partial charge < -0.3 is 14.6 Å². The largest absolute Gasteiger partial charge is 0.441 e. The van der Waals surface area contributed by atoms with E-state index in [4.69, 9.17) is 4.42 Å². The molecule has 1 heterocycles. The van der Waals surface area contributed by atoms with Gasteiger partial charge in [-0.1, -0.05) is 19.3 Å². The maximum Gasteiger partial charge on any atom is 0.441 e. The van der Waals surface area contributed by atoms with Gasteiger partial charge in [0, 0.05) is 30.9 Å². The standard InChI is InChI=1S/C18H25N3O2/c1-3-21(4-2)14-10-11-15-16(12-14)23-18(22)20-17(15)19-13-8-6-5-7-9-13/h10-13H,3-9H2,1-2H3,(H,19,20,22). The average molecular weight is 315 g/mol. The minimum absolute atomic E-state index is 0.406. The molecule has 5 nitrogen and oxygen atoms in total. The Balaban J connectivity index is 1.96. The van der Waals surface area contributed by atoms with Crippen molar-refractivity contribution in [3.05, 3.63) is 28.7 Å². The SMILES string of the molecule is CCN(CC)c1ccc2c(NC3CCCCC3)nc(=O)oc2c1. The highest BCUT2D eigenvalue weighted by molar-refractivity contribution is 5.89. The van der Waals surface area contributed by atoms with Crippen molar-refractivity contribution in [2.24, 2.45) is 0 Å². The van der Waals surface area contributed by atoms with Gasteiger partial charge in [-0.15, -0.1) is 0 Å². The molecule has 124 valence electrons. The zero-order valence-electron chi connectivity index (χ0n) is 14.0. The van der Waals surface area contributed by atoms with Crippen molar-refractivity contribution in [2.45, 2.75) is 52.0 Å². The van der Waals surface area contributed by atoms with Crippen molar-refractivity contribution in [1.82, 2.24) is 4.98 Å². The van der Waals surface area contributed by atoms with Crippen LogP contribution in [-0.2, 0) is 0 Å². The van der Waals surface area contributed by atoms with Crippen LogP contribution in [0, 0.1) is 0 Å². The molecule has 3 rings (SSSR count). The second-order valence-electron chi connectivity index (χ2n) is 6.16. The third-order valence-corrected chi connectivity index (χ3v) is 4.70. The van der Waals surface area contributed by atoms with Gasteiger partial charge in [-0.3, -0.25) is 0 Å². The van der Waals surface area contributed by atoms with E-state index < -0.39 is 5.76 Å². The van der Waals surface area contributed by atoms with Crippen LogP contribution in [0.4, 0.5) is 11.5 Å². The lowest BCUT2D eigenvalue weighted by Gasteiger charge is -2.24. The van der Waals surface area contributed by atoms with Crippen LogP contribution < -0.4 is 16.0 Å². The van der Waals surface area contributed by atoms with E-state index in [9.17, 15) is 4.79 Å². The van der Waals surface area contributed by atoms with E-state index in [1.54, 1.807) is 0 Å². The van der Waals surface area contributed by atoms with E-state index in [-0.39, 0.29) is 0 Å². The van der Waals surface area contributed by atoms with Crippen LogP contribution in [0.3, 0.4) is 0 Å². The highest BCUT2D eigenvalue weighted by atomic mass is 16.4. The lowest BCUT2D eigenvalue weighted by molar-refractivity contribution is 0.460. The normalized spacial score (nSPS) is 15.7. The molecule has 1 saturated carbocycles. The van der Waals surface area contributed by atoms with Gasteiger partial charge in [0.05, 0.1) is 5.39 Å². The molecule has 5 heteroatoms. The number of hydrogen-bond acceptors (Lipinski definition) is 5. The number of hydrogen-bond donors (Lipinski definition) is 1. The van der Waals surface area contributed by atoms with Crippen molar-refractivity contribution < 1.29 is 4.42 Å². The van der Waals surface area contributed by atoms with E-state index in [0.29, 0.717) is 17.4 Å². The summed E-state index contributed by atoms with van der Waals surface area (Å²) in [7, 11) is 0. The molecular formula is C18H25N3O2. The number of nitrogens with one attached hydrogen (secondary N) is 1. The molecule has 1 aliphatic carbocycles. The Morgan fingerprint density at radius 2 is 1.96 bits per heavy atom. The van der Waals surface area contributed by atoms with E-state index >= 15 is 0 Å². The zero-order chi connectivity index (χ0) is 16.2. The number of benzene rings is 1. The summed E-state index contributed by atoms with van der Waals surface area (Å²) in [5, 5.41) is 4.34.